The van der Waals surface area contributed by atoms with Crippen LogP contribution >= 0.6 is 11.6 Å². The number of halogens is 2. The number of anilines is 2. The number of nitrogens with one attached hydrogen (secondary N) is 1. The van der Waals surface area contributed by atoms with Crippen LogP contribution in [0.5, 0.6) is 0 Å². The molecule has 0 aliphatic carbocycles. The quantitative estimate of drug-likeness (QED) is 0.838. The molecule has 0 bridgehead atoms. The predicted molar refractivity (Wildman–Crippen MR) is 109 cm³/mol. The number of hydrogen-bond acceptors (Lipinski definition) is 3. The summed E-state index contributed by atoms with van der Waals surface area (Å²) in [6.07, 6.45) is 0. The van der Waals surface area contributed by atoms with Crippen LogP contribution in [0.2, 0.25) is 5.02 Å². The molecule has 28 heavy (non-hydrogen) atoms. The molecular formula is C21H23ClFN3O2. The number of hydrogen-bond donors (Lipinski definition) is 1. The first-order chi connectivity index (χ1) is 13.4. The molecule has 148 valence electrons. The molecule has 1 saturated heterocycles. The Morgan fingerprint density at radius 1 is 1.07 bits per heavy atom. The number of amides is 2. The van der Waals surface area contributed by atoms with Gasteiger partial charge in [-0.3, -0.25) is 9.59 Å². The van der Waals surface area contributed by atoms with Crippen LogP contribution in [0.15, 0.2) is 42.5 Å². The first-order valence-corrected chi connectivity index (χ1v) is 9.64. The highest BCUT2D eigenvalue weighted by molar-refractivity contribution is 6.34. The minimum Gasteiger partial charge on any atom is -0.365 e. The summed E-state index contributed by atoms with van der Waals surface area (Å²) in [5.41, 5.74) is 1.51. The van der Waals surface area contributed by atoms with Gasteiger partial charge < -0.3 is 15.1 Å². The van der Waals surface area contributed by atoms with Gasteiger partial charge >= 0.3 is 0 Å². The third kappa shape index (κ3) is 4.44. The Bertz CT molecular complexity index is 880. The Kier molecular flexibility index (Phi) is 6.19. The van der Waals surface area contributed by atoms with Gasteiger partial charge in [-0.25, -0.2) is 4.39 Å². The van der Waals surface area contributed by atoms with Crippen molar-refractivity contribution in [3.05, 3.63) is 58.9 Å². The molecule has 0 spiro atoms. The van der Waals surface area contributed by atoms with E-state index in [0.29, 0.717) is 42.6 Å². The van der Waals surface area contributed by atoms with Gasteiger partial charge in [-0.2, -0.15) is 0 Å². The summed E-state index contributed by atoms with van der Waals surface area (Å²) in [5.74, 6) is -0.770. The predicted octanol–water partition coefficient (Wildman–Crippen LogP) is 4.04. The Labute approximate surface area is 169 Å². The van der Waals surface area contributed by atoms with Crippen LogP contribution in [0.1, 0.15) is 24.2 Å². The number of piperazine rings is 1. The second-order valence-corrected chi connectivity index (χ2v) is 7.47. The summed E-state index contributed by atoms with van der Waals surface area (Å²) < 4.78 is 13.4. The lowest BCUT2D eigenvalue weighted by molar-refractivity contribution is -0.134. The van der Waals surface area contributed by atoms with Crippen LogP contribution in [-0.4, -0.2) is 42.9 Å². The standard InChI is InChI=1S/C21H23ClFN3O2/c1-14(2)21(28)26-11-9-25(10-12-26)19-17(22)7-4-8-18(19)24-20(27)15-5-3-6-16(23)13-15/h3-8,13-14H,9-12H2,1-2H3,(H,24,27). The number of nitrogens with zero attached hydrogens (tertiary/aromatic N) is 2. The van der Waals surface area contributed by atoms with E-state index in [1.165, 1.54) is 18.2 Å². The third-order valence-corrected chi connectivity index (χ3v) is 5.03. The van der Waals surface area contributed by atoms with Gasteiger partial charge in [0.2, 0.25) is 5.91 Å². The first kappa shape index (κ1) is 20.1. The molecule has 1 fully saturated rings. The Morgan fingerprint density at radius 2 is 1.75 bits per heavy atom. The lowest BCUT2D eigenvalue weighted by atomic mass is 10.1. The van der Waals surface area contributed by atoms with Crippen LogP contribution in [-0.2, 0) is 4.79 Å². The molecule has 1 aliphatic heterocycles. The molecule has 3 rings (SSSR count). The van der Waals surface area contributed by atoms with Crippen molar-refractivity contribution in [2.75, 3.05) is 36.4 Å². The van der Waals surface area contributed by atoms with Crippen molar-refractivity contribution < 1.29 is 14.0 Å². The molecule has 1 N–H and O–H groups in total. The van der Waals surface area contributed by atoms with Crippen molar-refractivity contribution in [1.29, 1.82) is 0 Å². The second kappa shape index (κ2) is 8.61. The van der Waals surface area contributed by atoms with Gasteiger partial charge in [0.15, 0.2) is 0 Å². The fourth-order valence-corrected chi connectivity index (χ4v) is 3.57. The van der Waals surface area contributed by atoms with Crippen molar-refractivity contribution in [3.8, 4) is 0 Å². The molecule has 7 heteroatoms. The van der Waals surface area contributed by atoms with Crippen molar-refractivity contribution in [3.63, 3.8) is 0 Å². The number of para-hydroxylation sites is 1. The summed E-state index contributed by atoms with van der Waals surface area (Å²) in [5, 5.41) is 3.35. The SMILES string of the molecule is CC(C)C(=O)N1CCN(c2c(Cl)cccc2NC(=O)c2cccc(F)c2)CC1. The van der Waals surface area contributed by atoms with Crippen LogP contribution in [0.3, 0.4) is 0 Å². The lowest BCUT2D eigenvalue weighted by Crippen LogP contribution is -2.50. The molecule has 0 unspecified atom stereocenters. The molecule has 0 saturated carbocycles. The van der Waals surface area contributed by atoms with Crippen molar-refractivity contribution in [1.82, 2.24) is 4.90 Å². The molecule has 2 aromatic carbocycles. The van der Waals surface area contributed by atoms with Crippen LogP contribution in [0.4, 0.5) is 15.8 Å². The van der Waals surface area contributed by atoms with Gasteiger partial charge in [-0.15, -0.1) is 0 Å². The van der Waals surface area contributed by atoms with Gasteiger partial charge in [0.05, 0.1) is 16.4 Å². The zero-order valence-electron chi connectivity index (χ0n) is 15.9. The number of rotatable bonds is 4. The monoisotopic (exact) mass is 403 g/mol. The van der Waals surface area contributed by atoms with E-state index in [2.05, 4.69) is 10.2 Å². The maximum atomic E-state index is 13.4. The summed E-state index contributed by atoms with van der Waals surface area (Å²) >= 11 is 6.43. The largest absolute Gasteiger partial charge is 0.365 e. The molecule has 2 amide bonds. The second-order valence-electron chi connectivity index (χ2n) is 7.07. The van der Waals surface area contributed by atoms with E-state index in [9.17, 15) is 14.0 Å². The highest BCUT2D eigenvalue weighted by Gasteiger charge is 2.25. The molecule has 5 nitrogen and oxygen atoms in total. The van der Waals surface area contributed by atoms with Crippen molar-refractivity contribution in [2.45, 2.75) is 13.8 Å². The smallest absolute Gasteiger partial charge is 0.255 e. The Balaban J connectivity index is 1.78. The molecule has 0 aromatic heterocycles. The molecule has 0 radical (unpaired) electrons. The van der Waals surface area contributed by atoms with E-state index in [1.54, 1.807) is 24.3 Å². The summed E-state index contributed by atoms with van der Waals surface area (Å²) in [7, 11) is 0. The average molecular weight is 404 g/mol. The fourth-order valence-electron chi connectivity index (χ4n) is 3.28. The van der Waals surface area contributed by atoms with Gasteiger partial charge in [-0.05, 0) is 30.3 Å². The molecule has 1 aliphatic rings. The lowest BCUT2D eigenvalue weighted by Gasteiger charge is -2.38. The number of carbonyl (C=O) groups excluding carboxylic acids is 2. The van der Waals surface area contributed by atoms with E-state index in [1.807, 2.05) is 18.7 Å². The highest BCUT2D eigenvalue weighted by Crippen LogP contribution is 2.35. The van der Waals surface area contributed by atoms with E-state index in [-0.39, 0.29) is 17.4 Å². The molecular weight excluding hydrogens is 381 g/mol. The average Bonchev–Trinajstić information content (AvgIpc) is 2.67. The van der Waals surface area contributed by atoms with Crippen LogP contribution in [0.25, 0.3) is 0 Å². The minimum absolute atomic E-state index is 0.0343. The van der Waals surface area contributed by atoms with E-state index in [4.69, 9.17) is 11.6 Å². The van der Waals surface area contributed by atoms with Crippen molar-refractivity contribution in [2.24, 2.45) is 5.92 Å². The van der Waals surface area contributed by atoms with E-state index in [0.717, 1.165) is 0 Å². The summed E-state index contributed by atoms with van der Waals surface area (Å²) in [4.78, 5) is 28.6. The summed E-state index contributed by atoms with van der Waals surface area (Å²) in [6.45, 7) is 6.21. The van der Waals surface area contributed by atoms with Gasteiger partial charge in [0.1, 0.15) is 5.82 Å². The van der Waals surface area contributed by atoms with Crippen LogP contribution < -0.4 is 10.2 Å². The van der Waals surface area contributed by atoms with Crippen LogP contribution in [0, 0.1) is 11.7 Å². The normalized spacial score (nSPS) is 14.3. The zero-order chi connectivity index (χ0) is 20.3. The molecule has 0 atom stereocenters. The molecule has 2 aromatic rings. The Morgan fingerprint density at radius 3 is 2.39 bits per heavy atom. The van der Waals surface area contributed by atoms with E-state index < -0.39 is 11.7 Å². The van der Waals surface area contributed by atoms with Gasteiger partial charge in [-0.1, -0.05) is 37.6 Å². The maximum Gasteiger partial charge on any atom is 0.255 e. The summed E-state index contributed by atoms with van der Waals surface area (Å²) in [6, 6.07) is 10.8. The Hall–Kier alpha value is -2.60. The van der Waals surface area contributed by atoms with Crippen molar-refractivity contribution >= 4 is 34.8 Å². The molecule has 1 heterocycles. The maximum absolute atomic E-state index is 13.4. The topological polar surface area (TPSA) is 52.7 Å². The van der Waals surface area contributed by atoms with Gasteiger partial charge in [0, 0.05) is 37.7 Å². The number of carbonyl (C=O) groups is 2. The highest BCUT2D eigenvalue weighted by atomic mass is 35.5. The third-order valence-electron chi connectivity index (χ3n) is 4.72. The number of benzene rings is 2. The fraction of sp³-hybridized carbons (Fsp3) is 0.333. The zero-order valence-corrected chi connectivity index (χ0v) is 16.7. The first-order valence-electron chi connectivity index (χ1n) is 9.26. The van der Waals surface area contributed by atoms with Gasteiger partial charge in [0.25, 0.3) is 5.91 Å². The minimum atomic E-state index is -0.468. The van der Waals surface area contributed by atoms with E-state index >= 15 is 0 Å².